The molecule has 0 aliphatic carbocycles. The number of nitrogens with one attached hydrogen (secondary N) is 3. The molecule has 2 aliphatic heterocycles. The molecule has 14 heteroatoms. The third kappa shape index (κ3) is 6.71. The standard InChI is InChI=1S/C36H38FN9O4/c1-22(2)50-31-9-5-25(18-38-31)33-28-17-26(6-8-30(28)42-43-33)41-35(48)36(49-3)12-15-45(20-36)19-32(47)46-13-10-23(11-14-46)24-4-7-27(29(37)16-24)34-39-21-40-44-34/h4-10,16-18,21-22H,11-15,19-20H2,1-3H3,(H,41,48)(H,42,43)(H,39,40,44). The van der Waals surface area contributed by atoms with Gasteiger partial charge in [-0.05, 0) is 74.2 Å². The van der Waals surface area contributed by atoms with Crippen LogP contribution in [-0.4, -0.2) is 104 Å². The maximum Gasteiger partial charge on any atom is 0.258 e. The van der Waals surface area contributed by atoms with Crippen LogP contribution in [0.15, 0.2) is 67.1 Å². The number of anilines is 1. The van der Waals surface area contributed by atoms with Crippen LogP contribution in [0.1, 0.15) is 32.3 Å². The number of methoxy groups -OCH3 is 1. The van der Waals surface area contributed by atoms with E-state index in [9.17, 15) is 14.0 Å². The Labute approximate surface area is 287 Å². The maximum atomic E-state index is 14.8. The number of hydrogen-bond acceptors (Lipinski definition) is 9. The molecule has 2 aromatic carbocycles. The molecule has 3 N–H and O–H groups in total. The number of hydrogen-bond donors (Lipinski definition) is 3. The van der Waals surface area contributed by atoms with Crippen molar-refractivity contribution in [1.82, 2.24) is 40.2 Å². The molecule has 0 saturated carbocycles. The predicted octanol–water partition coefficient (Wildman–Crippen LogP) is 4.68. The molecule has 50 heavy (non-hydrogen) atoms. The Hall–Kier alpha value is -5.47. The molecule has 1 fully saturated rings. The number of carbonyl (C=O) groups is 2. The molecule has 258 valence electrons. The molecule has 0 radical (unpaired) electrons. The van der Waals surface area contributed by atoms with E-state index in [2.05, 4.69) is 35.7 Å². The number of benzene rings is 2. The molecular formula is C36H38FN9O4. The zero-order valence-corrected chi connectivity index (χ0v) is 28.1. The van der Waals surface area contributed by atoms with Gasteiger partial charge in [0.1, 0.15) is 17.8 Å². The lowest BCUT2D eigenvalue weighted by atomic mass is 9.98. The van der Waals surface area contributed by atoms with E-state index in [1.807, 2.05) is 61.2 Å². The molecule has 13 nitrogen and oxygen atoms in total. The number of rotatable bonds is 10. The highest BCUT2D eigenvalue weighted by Gasteiger charge is 2.45. The number of nitrogens with zero attached hydrogens (tertiary/aromatic N) is 6. The summed E-state index contributed by atoms with van der Waals surface area (Å²) in [5.74, 6) is 0.217. The number of likely N-dealkylation sites (tertiary alicyclic amines) is 1. The lowest BCUT2D eigenvalue weighted by Gasteiger charge is -2.30. The van der Waals surface area contributed by atoms with Crippen molar-refractivity contribution in [2.75, 3.05) is 45.2 Å². The minimum absolute atomic E-state index is 0.0195. The molecule has 1 saturated heterocycles. The smallest absolute Gasteiger partial charge is 0.258 e. The second-order valence-electron chi connectivity index (χ2n) is 12.8. The van der Waals surface area contributed by atoms with Gasteiger partial charge in [0.25, 0.3) is 5.91 Å². The average Bonchev–Trinajstić information content (AvgIpc) is 3.89. The van der Waals surface area contributed by atoms with Gasteiger partial charge >= 0.3 is 0 Å². The summed E-state index contributed by atoms with van der Waals surface area (Å²) in [4.78, 5) is 39.2. The number of aromatic nitrogens is 6. The van der Waals surface area contributed by atoms with Crippen LogP contribution in [0, 0.1) is 5.82 Å². The number of aromatic amines is 2. The van der Waals surface area contributed by atoms with E-state index in [0.717, 1.165) is 27.6 Å². The molecule has 3 aromatic heterocycles. The monoisotopic (exact) mass is 679 g/mol. The molecule has 1 unspecified atom stereocenters. The van der Waals surface area contributed by atoms with Crippen molar-refractivity contribution in [2.24, 2.45) is 0 Å². The molecule has 0 bridgehead atoms. The van der Waals surface area contributed by atoms with E-state index in [1.165, 1.54) is 19.5 Å². The first-order valence-corrected chi connectivity index (χ1v) is 16.5. The summed E-state index contributed by atoms with van der Waals surface area (Å²) in [6, 6.07) is 14.3. The summed E-state index contributed by atoms with van der Waals surface area (Å²) in [5, 5.41) is 17.9. The first-order valence-electron chi connectivity index (χ1n) is 16.5. The van der Waals surface area contributed by atoms with E-state index < -0.39 is 5.60 Å². The number of pyridine rings is 1. The van der Waals surface area contributed by atoms with Crippen LogP contribution >= 0.6 is 0 Å². The third-order valence-electron chi connectivity index (χ3n) is 9.23. The first-order chi connectivity index (χ1) is 24.2. The summed E-state index contributed by atoms with van der Waals surface area (Å²) in [5.41, 5.74) is 3.95. The zero-order chi connectivity index (χ0) is 34.8. The summed E-state index contributed by atoms with van der Waals surface area (Å²) in [6.07, 6.45) is 6.09. The van der Waals surface area contributed by atoms with Crippen molar-refractivity contribution >= 4 is 34.0 Å². The lowest BCUT2D eigenvalue weighted by Crippen LogP contribution is -2.48. The maximum absolute atomic E-state index is 14.8. The summed E-state index contributed by atoms with van der Waals surface area (Å²) in [7, 11) is 1.53. The molecule has 2 amide bonds. The number of amides is 2. The average molecular weight is 680 g/mol. The van der Waals surface area contributed by atoms with Gasteiger partial charge in [-0.15, -0.1) is 0 Å². The van der Waals surface area contributed by atoms with Crippen molar-refractivity contribution < 1.29 is 23.5 Å². The van der Waals surface area contributed by atoms with Crippen LogP contribution in [0.5, 0.6) is 5.88 Å². The predicted molar refractivity (Wildman–Crippen MR) is 185 cm³/mol. The highest BCUT2D eigenvalue weighted by Crippen LogP contribution is 2.32. The number of halogens is 1. The topological polar surface area (TPSA) is 154 Å². The van der Waals surface area contributed by atoms with Crippen LogP contribution in [0.2, 0.25) is 0 Å². The Balaban J connectivity index is 0.964. The van der Waals surface area contributed by atoms with Gasteiger partial charge in [-0.2, -0.15) is 10.2 Å². The largest absolute Gasteiger partial charge is 0.475 e. The van der Waals surface area contributed by atoms with E-state index in [1.54, 1.807) is 17.2 Å². The molecule has 2 aliphatic rings. The van der Waals surface area contributed by atoms with E-state index in [-0.39, 0.29) is 36.8 Å². The number of fused-ring (bicyclic) bond motifs is 1. The van der Waals surface area contributed by atoms with Gasteiger partial charge in [-0.25, -0.2) is 14.4 Å². The quantitative estimate of drug-likeness (QED) is 0.191. The normalized spacial score (nSPS) is 18.1. The van der Waals surface area contributed by atoms with Crippen LogP contribution < -0.4 is 10.1 Å². The fraction of sp³-hybridized carbons (Fsp3) is 0.333. The minimum Gasteiger partial charge on any atom is -0.475 e. The lowest BCUT2D eigenvalue weighted by molar-refractivity contribution is -0.138. The van der Waals surface area contributed by atoms with Gasteiger partial charge in [0.05, 0.1) is 23.7 Å². The second kappa shape index (κ2) is 13.8. The number of H-pyrrole nitrogens is 2. The van der Waals surface area contributed by atoms with Crippen molar-refractivity contribution in [2.45, 2.75) is 38.4 Å². The van der Waals surface area contributed by atoms with E-state index >= 15 is 0 Å². The van der Waals surface area contributed by atoms with Gasteiger partial charge < -0.3 is 19.7 Å². The highest BCUT2D eigenvalue weighted by atomic mass is 19.1. The van der Waals surface area contributed by atoms with Gasteiger partial charge in [0.2, 0.25) is 11.8 Å². The SMILES string of the molecule is COC1(C(=O)Nc2ccc3[nH]nc(-c4ccc(OC(C)C)nc4)c3c2)CCN(CC(=O)N2CC=C(c3ccc(-c4ncn[nH]4)c(F)c3)CC2)C1. The van der Waals surface area contributed by atoms with Crippen LogP contribution in [0.3, 0.4) is 0 Å². The van der Waals surface area contributed by atoms with Crippen LogP contribution in [0.25, 0.3) is 39.1 Å². The molecule has 5 heterocycles. The zero-order valence-electron chi connectivity index (χ0n) is 28.1. The van der Waals surface area contributed by atoms with Gasteiger partial charge in [-0.3, -0.25) is 24.7 Å². The molecule has 0 spiro atoms. The molecule has 7 rings (SSSR count). The molecule has 1 atom stereocenters. The summed E-state index contributed by atoms with van der Waals surface area (Å²) in [6.45, 7) is 5.82. The summed E-state index contributed by atoms with van der Waals surface area (Å²) < 4.78 is 26.3. The van der Waals surface area contributed by atoms with Gasteiger partial charge in [0, 0.05) is 62.2 Å². The Kier molecular flexibility index (Phi) is 9.12. The van der Waals surface area contributed by atoms with Gasteiger partial charge in [-0.1, -0.05) is 12.1 Å². The first kappa shape index (κ1) is 33.0. The van der Waals surface area contributed by atoms with Crippen LogP contribution in [0.4, 0.5) is 10.1 Å². The molecule has 5 aromatic rings. The van der Waals surface area contributed by atoms with Crippen molar-refractivity contribution in [3.8, 4) is 28.5 Å². The van der Waals surface area contributed by atoms with Crippen molar-refractivity contribution in [1.29, 1.82) is 0 Å². The van der Waals surface area contributed by atoms with Crippen LogP contribution in [-0.2, 0) is 14.3 Å². The van der Waals surface area contributed by atoms with E-state index in [0.29, 0.717) is 61.1 Å². The number of ether oxygens (including phenoxy) is 2. The fourth-order valence-corrected chi connectivity index (χ4v) is 6.52. The Morgan fingerprint density at radius 1 is 1.06 bits per heavy atom. The fourth-order valence-electron chi connectivity index (χ4n) is 6.52. The van der Waals surface area contributed by atoms with Crippen molar-refractivity contribution in [3.05, 3.63) is 78.5 Å². The number of carbonyl (C=O) groups excluding carboxylic acids is 2. The Morgan fingerprint density at radius 2 is 1.92 bits per heavy atom. The third-order valence-corrected chi connectivity index (χ3v) is 9.23. The van der Waals surface area contributed by atoms with E-state index in [4.69, 9.17) is 9.47 Å². The summed E-state index contributed by atoms with van der Waals surface area (Å²) >= 11 is 0. The minimum atomic E-state index is -1.11. The Morgan fingerprint density at radius 3 is 2.62 bits per heavy atom. The van der Waals surface area contributed by atoms with Gasteiger partial charge in [0.15, 0.2) is 11.4 Å². The molecular weight excluding hydrogens is 641 g/mol. The van der Waals surface area contributed by atoms with Crippen molar-refractivity contribution in [3.63, 3.8) is 0 Å². The second-order valence-corrected chi connectivity index (χ2v) is 12.8. The highest BCUT2D eigenvalue weighted by molar-refractivity contribution is 6.01. The Bertz CT molecular complexity index is 2040.